The van der Waals surface area contributed by atoms with E-state index in [4.69, 9.17) is 0 Å². The zero-order valence-electron chi connectivity index (χ0n) is 19.0. The molecule has 34 heavy (non-hydrogen) atoms. The van der Waals surface area contributed by atoms with Crippen LogP contribution in [0.4, 0.5) is 10.8 Å². The van der Waals surface area contributed by atoms with E-state index in [-0.39, 0.29) is 4.90 Å². The van der Waals surface area contributed by atoms with Gasteiger partial charge in [0.25, 0.3) is 10.0 Å². The summed E-state index contributed by atoms with van der Waals surface area (Å²) in [5.74, 6) is -0.510. The minimum atomic E-state index is -3.97. The highest BCUT2D eigenvalue weighted by atomic mass is 32.2. The Balaban J connectivity index is 1.60. The van der Waals surface area contributed by atoms with Crippen molar-refractivity contribution in [3.05, 3.63) is 89.5 Å². The van der Waals surface area contributed by atoms with Crippen molar-refractivity contribution >= 4 is 38.1 Å². The fourth-order valence-electron chi connectivity index (χ4n) is 3.29. The lowest BCUT2D eigenvalue weighted by atomic mass is 10.1. The Bertz CT molecular complexity index is 1420. The van der Waals surface area contributed by atoms with Gasteiger partial charge in [0, 0.05) is 5.56 Å². The third kappa shape index (κ3) is 5.16. The first kappa shape index (κ1) is 23.6. The molecule has 0 bridgehead atoms. The predicted octanol–water partition coefficient (Wildman–Crippen LogP) is 4.96. The average molecular weight is 493 g/mol. The second-order valence-corrected chi connectivity index (χ2v) is 10.8. The lowest BCUT2D eigenvalue weighted by Gasteiger charge is -2.24. The highest BCUT2D eigenvalue weighted by molar-refractivity contribution is 7.92. The van der Waals surface area contributed by atoms with Gasteiger partial charge in [-0.1, -0.05) is 65.4 Å². The molecule has 9 heteroatoms. The number of carbonyl (C=O) groups excluding carboxylic acids is 1. The number of anilines is 2. The van der Waals surface area contributed by atoms with Gasteiger partial charge in [-0.15, -0.1) is 10.2 Å². The standard InChI is InChI=1S/C25H24N4O3S2/c1-17-9-12-20(13-10-17)24-27-28-25(33-24)26-23(30)16-29(21-14-11-18(2)19(3)15-21)34(31,32)22-7-5-4-6-8-22/h4-15H,16H2,1-3H3,(H,26,28,30). The number of aromatic nitrogens is 2. The molecular formula is C25H24N4O3S2. The van der Waals surface area contributed by atoms with E-state index in [9.17, 15) is 13.2 Å². The summed E-state index contributed by atoms with van der Waals surface area (Å²) in [5.41, 5.74) is 4.40. The van der Waals surface area contributed by atoms with Crippen LogP contribution in [-0.4, -0.2) is 31.1 Å². The van der Waals surface area contributed by atoms with E-state index in [2.05, 4.69) is 15.5 Å². The van der Waals surface area contributed by atoms with Gasteiger partial charge in [-0.05, 0) is 56.2 Å². The molecule has 7 nitrogen and oxygen atoms in total. The Hall–Kier alpha value is -3.56. The zero-order valence-corrected chi connectivity index (χ0v) is 20.7. The lowest BCUT2D eigenvalue weighted by molar-refractivity contribution is -0.114. The fraction of sp³-hybridized carbons (Fsp3) is 0.160. The van der Waals surface area contributed by atoms with Crippen molar-refractivity contribution in [2.24, 2.45) is 0 Å². The molecule has 0 saturated carbocycles. The summed E-state index contributed by atoms with van der Waals surface area (Å²) >= 11 is 1.23. The first-order valence-electron chi connectivity index (χ1n) is 10.6. The van der Waals surface area contributed by atoms with Gasteiger partial charge in [0.2, 0.25) is 11.0 Å². The number of aryl methyl sites for hydroxylation is 3. The molecule has 3 aromatic carbocycles. The number of amides is 1. The molecule has 174 valence electrons. The van der Waals surface area contributed by atoms with E-state index in [0.717, 1.165) is 26.6 Å². The van der Waals surface area contributed by atoms with E-state index in [1.807, 2.05) is 51.1 Å². The van der Waals surface area contributed by atoms with Crippen LogP contribution in [0, 0.1) is 20.8 Å². The Morgan fingerprint density at radius 3 is 2.29 bits per heavy atom. The molecule has 1 N–H and O–H groups in total. The third-order valence-corrected chi connectivity index (χ3v) is 8.04. The van der Waals surface area contributed by atoms with Crippen LogP contribution in [0.25, 0.3) is 10.6 Å². The molecule has 1 heterocycles. The first-order valence-corrected chi connectivity index (χ1v) is 12.8. The molecule has 0 aliphatic rings. The summed E-state index contributed by atoms with van der Waals surface area (Å²) in [6, 6.07) is 21.2. The number of nitrogens with zero attached hydrogens (tertiary/aromatic N) is 3. The van der Waals surface area contributed by atoms with Crippen molar-refractivity contribution in [2.75, 3.05) is 16.2 Å². The van der Waals surface area contributed by atoms with Crippen LogP contribution in [0.3, 0.4) is 0 Å². The van der Waals surface area contributed by atoms with Gasteiger partial charge in [0.05, 0.1) is 10.6 Å². The summed E-state index contributed by atoms with van der Waals surface area (Å²) in [7, 11) is -3.97. The fourth-order valence-corrected chi connectivity index (χ4v) is 5.49. The summed E-state index contributed by atoms with van der Waals surface area (Å²) in [6.07, 6.45) is 0. The van der Waals surface area contributed by atoms with Gasteiger partial charge in [0.15, 0.2) is 0 Å². The second kappa shape index (κ2) is 9.74. The van der Waals surface area contributed by atoms with Crippen molar-refractivity contribution in [1.29, 1.82) is 0 Å². The largest absolute Gasteiger partial charge is 0.299 e. The Labute approximate surface area is 203 Å². The zero-order chi connectivity index (χ0) is 24.3. The SMILES string of the molecule is Cc1ccc(-c2nnc(NC(=O)CN(c3ccc(C)c(C)c3)S(=O)(=O)c3ccccc3)s2)cc1. The van der Waals surface area contributed by atoms with E-state index >= 15 is 0 Å². The monoisotopic (exact) mass is 492 g/mol. The maximum atomic E-state index is 13.5. The third-order valence-electron chi connectivity index (χ3n) is 5.37. The summed E-state index contributed by atoms with van der Waals surface area (Å²) in [4.78, 5) is 13.0. The number of nitrogens with one attached hydrogen (secondary N) is 1. The molecule has 0 radical (unpaired) electrons. The topological polar surface area (TPSA) is 92.3 Å². The number of hydrogen-bond donors (Lipinski definition) is 1. The smallest absolute Gasteiger partial charge is 0.264 e. The van der Waals surface area contributed by atoms with E-state index in [1.165, 1.54) is 23.5 Å². The highest BCUT2D eigenvalue weighted by Gasteiger charge is 2.27. The highest BCUT2D eigenvalue weighted by Crippen LogP contribution is 2.28. The molecule has 4 aromatic rings. The van der Waals surface area contributed by atoms with E-state index < -0.39 is 22.5 Å². The minimum absolute atomic E-state index is 0.110. The molecule has 0 saturated heterocycles. The van der Waals surface area contributed by atoms with Crippen molar-refractivity contribution in [1.82, 2.24) is 10.2 Å². The maximum Gasteiger partial charge on any atom is 0.264 e. The minimum Gasteiger partial charge on any atom is -0.299 e. The number of benzene rings is 3. The van der Waals surface area contributed by atoms with Crippen LogP contribution >= 0.6 is 11.3 Å². The summed E-state index contributed by atoms with van der Waals surface area (Å²) in [6.45, 7) is 5.45. The van der Waals surface area contributed by atoms with E-state index in [1.54, 1.807) is 30.3 Å². The molecule has 0 unspecified atom stereocenters. The quantitative estimate of drug-likeness (QED) is 0.393. The van der Waals surface area contributed by atoms with Crippen LogP contribution in [0.1, 0.15) is 16.7 Å². The summed E-state index contributed by atoms with van der Waals surface area (Å²) in [5, 5.41) is 11.9. The van der Waals surface area contributed by atoms with Crippen LogP contribution in [0.5, 0.6) is 0 Å². The number of rotatable bonds is 7. The normalized spacial score (nSPS) is 11.3. The number of sulfonamides is 1. The van der Waals surface area contributed by atoms with Crippen molar-refractivity contribution in [2.45, 2.75) is 25.7 Å². The van der Waals surface area contributed by atoms with E-state index in [0.29, 0.717) is 15.8 Å². The van der Waals surface area contributed by atoms with Crippen LogP contribution < -0.4 is 9.62 Å². The molecule has 1 aromatic heterocycles. The van der Waals surface area contributed by atoms with Gasteiger partial charge in [0.1, 0.15) is 11.6 Å². The Morgan fingerprint density at radius 2 is 1.62 bits per heavy atom. The first-order chi connectivity index (χ1) is 16.2. The van der Waals surface area contributed by atoms with Crippen LogP contribution in [-0.2, 0) is 14.8 Å². The molecule has 1 amide bonds. The van der Waals surface area contributed by atoms with Crippen molar-refractivity contribution < 1.29 is 13.2 Å². The Morgan fingerprint density at radius 1 is 0.912 bits per heavy atom. The Kier molecular flexibility index (Phi) is 6.76. The van der Waals surface area contributed by atoms with Gasteiger partial charge in [-0.2, -0.15) is 0 Å². The molecule has 4 rings (SSSR count). The number of hydrogen-bond acceptors (Lipinski definition) is 6. The molecule has 0 spiro atoms. The average Bonchev–Trinajstić information content (AvgIpc) is 3.28. The molecule has 0 fully saturated rings. The van der Waals surface area contributed by atoms with Crippen molar-refractivity contribution in [3.63, 3.8) is 0 Å². The van der Waals surface area contributed by atoms with Gasteiger partial charge in [-0.25, -0.2) is 8.42 Å². The molecule has 0 aliphatic heterocycles. The molecule has 0 atom stereocenters. The van der Waals surface area contributed by atoms with Gasteiger partial charge in [-0.3, -0.25) is 14.4 Å². The van der Waals surface area contributed by atoms with Gasteiger partial charge >= 0.3 is 0 Å². The van der Waals surface area contributed by atoms with Gasteiger partial charge < -0.3 is 0 Å². The second-order valence-electron chi connectivity index (χ2n) is 7.92. The van der Waals surface area contributed by atoms with Crippen molar-refractivity contribution in [3.8, 4) is 10.6 Å². The summed E-state index contributed by atoms with van der Waals surface area (Å²) < 4.78 is 28.0. The molecular weight excluding hydrogens is 468 g/mol. The predicted molar refractivity (Wildman–Crippen MR) is 136 cm³/mol. The molecule has 0 aliphatic carbocycles. The lowest BCUT2D eigenvalue weighted by Crippen LogP contribution is -2.38. The maximum absolute atomic E-state index is 13.5. The van der Waals surface area contributed by atoms with Crippen LogP contribution in [0.15, 0.2) is 77.7 Å². The number of carbonyl (C=O) groups is 1. The van der Waals surface area contributed by atoms with Crippen LogP contribution in [0.2, 0.25) is 0 Å².